The quantitative estimate of drug-likeness (QED) is 0.629. The van der Waals surface area contributed by atoms with Crippen LogP contribution in [-0.2, 0) is 6.42 Å². The number of methoxy groups -OCH3 is 1. The lowest BCUT2D eigenvalue weighted by atomic mass is 9.81. The molecule has 0 spiro atoms. The topological polar surface area (TPSA) is 71.5 Å². The van der Waals surface area contributed by atoms with Gasteiger partial charge in [-0.2, -0.15) is 0 Å². The number of Topliss-reactive ketones (excluding diaryl/α,β-unsaturated/α-hetero) is 1. The highest BCUT2D eigenvalue weighted by Crippen LogP contribution is 2.34. The zero-order valence-electron chi connectivity index (χ0n) is 18.5. The molecule has 7 heteroatoms. The second-order valence-corrected chi connectivity index (χ2v) is 8.39. The van der Waals surface area contributed by atoms with Crippen LogP contribution in [0.15, 0.2) is 48.7 Å². The van der Waals surface area contributed by atoms with E-state index in [-0.39, 0.29) is 11.7 Å². The van der Waals surface area contributed by atoms with Crippen LogP contribution >= 0.6 is 0 Å². The molecule has 1 aliphatic heterocycles. The number of hydrogen-bond donors (Lipinski definition) is 0. The summed E-state index contributed by atoms with van der Waals surface area (Å²) in [6.45, 7) is 5.31. The van der Waals surface area contributed by atoms with E-state index in [4.69, 9.17) is 14.7 Å². The van der Waals surface area contributed by atoms with Crippen LogP contribution in [0.4, 0.5) is 11.8 Å². The molecule has 3 aromatic rings. The summed E-state index contributed by atoms with van der Waals surface area (Å²) in [6.07, 6.45) is 3.07. The molecule has 7 nitrogen and oxygen atoms in total. The van der Waals surface area contributed by atoms with Crippen LogP contribution < -0.4 is 14.5 Å². The zero-order chi connectivity index (χ0) is 22.1. The van der Waals surface area contributed by atoms with Crippen molar-refractivity contribution in [2.75, 3.05) is 43.1 Å². The Hall–Kier alpha value is -3.48. The number of ketones is 1. The fourth-order valence-electron chi connectivity index (χ4n) is 4.69. The lowest BCUT2D eigenvalue weighted by molar-refractivity contribution is 0.0962. The van der Waals surface area contributed by atoms with Gasteiger partial charge in [0.25, 0.3) is 0 Å². The molecule has 32 heavy (non-hydrogen) atoms. The normalized spacial score (nSPS) is 18.4. The predicted molar refractivity (Wildman–Crippen MR) is 124 cm³/mol. The summed E-state index contributed by atoms with van der Waals surface area (Å²) in [7, 11) is 1.66. The van der Waals surface area contributed by atoms with Crippen LogP contribution in [0, 0.1) is 6.92 Å². The van der Waals surface area contributed by atoms with Crippen molar-refractivity contribution in [3.05, 3.63) is 71.2 Å². The molecule has 0 radical (unpaired) electrons. The van der Waals surface area contributed by atoms with Gasteiger partial charge in [0.15, 0.2) is 5.78 Å². The van der Waals surface area contributed by atoms with Gasteiger partial charge in [-0.25, -0.2) is 15.0 Å². The van der Waals surface area contributed by atoms with Crippen molar-refractivity contribution in [2.45, 2.75) is 25.7 Å². The summed E-state index contributed by atoms with van der Waals surface area (Å²) in [6, 6.07) is 14.0. The average Bonchev–Trinajstić information content (AvgIpc) is 2.84. The van der Waals surface area contributed by atoms with Crippen molar-refractivity contribution < 1.29 is 9.53 Å². The third kappa shape index (κ3) is 3.90. The first kappa shape index (κ1) is 20.4. The largest absolute Gasteiger partial charge is 0.497 e. The number of carbonyl (C=O) groups excluding carboxylic acids is 1. The van der Waals surface area contributed by atoms with Crippen molar-refractivity contribution in [3.8, 4) is 5.75 Å². The molecule has 164 valence electrons. The number of pyridine rings is 1. The fourth-order valence-corrected chi connectivity index (χ4v) is 4.69. The van der Waals surface area contributed by atoms with Gasteiger partial charge < -0.3 is 14.5 Å². The number of rotatable bonds is 4. The first-order chi connectivity index (χ1) is 15.6. The maximum absolute atomic E-state index is 13.0. The second kappa shape index (κ2) is 8.57. The number of aromatic nitrogens is 3. The minimum Gasteiger partial charge on any atom is -0.497 e. The molecule has 0 saturated carbocycles. The van der Waals surface area contributed by atoms with E-state index in [1.165, 1.54) is 0 Å². The lowest BCUT2D eigenvalue weighted by Gasteiger charge is -2.36. The van der Waals surface area contributed by atoms with Crippen molar-refractivity contribution in [1.29, 1.82) is 0 Å². The standard InChI is InChI=1S/C25H27N5O2/c1-17-24-21(15-19(16-22(24)31)18-6-8-20(32-2)9-7-18)28-25(27-17)30-13-11-29(12-14-30)23-5-3-4-10-26-23/h3-10,19H,11-16H2,1-2H3/t19-/m1/s1. The highest BCUT2D eigenvalue weighted by molar-refractivity contribution is 5.99. The van der Waals surface area contributed by atoms with Crippen LogP contribution in [0.2, 0.25) is 0 Å². The lowest BCUT2D eigenvalue weighted by Crippen LogP contribution is -2.47. The van der Waals surface area contributed by atoms with Crippen molar-refractivity contribution in [1.82, 2.24) is 15.0 Å². The molecule has 5 rings (SSSR count). The number of carbonyl (C=O) groups is 1. The first-order valence-corrected chi connectivity index (χ1v) is 11.1. The molecule has 0 bridgehead atoms. The Kier molecular flexibility index (Phi) is 5.47. The van der Waals surface area contributed by atoms with E-state index in [9.17, 15) is 4.79 Å². The Morgan fingerprint density at radius 1 is 0.938 bits per heavy atom. The number of fused-ring (bicyclic) bond motifs is 1. The Morgan fingerprint density at radius 2 is 1.69 bits per heavy atom. The third-order valence-corrected chi connectivity index (χ3v) is 6.43. The minimum atomic E-state index is 0.129. The molecule has 1 aliphatic carbocycles. The number of hydrogen-bond acceptors (Lipinski definition) is 7. The van der Waals surface area contributed by atoms with Crippen LogP contribution in [-0.4, -0.2) is 54.0 Å². The summed E-state index contributed by atoms with van der Waals surface area (Å²) < 4.78 is 5.27. The van der Waals surface area contributed by atoms with E-state index in [0.717, 1.165) is 67.1 Å². The highest BCUT2D eigenvalue weighted by Gasteiger charge is 2.31. The molecule has 1 saturated heterocycles. The number of piperazine rings is 1. The molecule has 1 fully saturated rings. The molecule has 0 N–H and O–H groups in total. The maximum Gasteiger partial charge on any atom is 0.225 e. The third-order valence-electron chi connectivity index (χ3n) is 6.43. The summed E-state index contributed by atoms with van der Waals surface area (Å²) in [4.78, 5) is 31.5. The number of ether oxygens (including phenoxy) is 1. The van der Waals surface area contributed by atoms with Gasteiger partial charge in [0, 0.05) is 38.8 Å². The highest BCUT2D eigenvalue weighted by atomic mass is 16.5. The minimum absolute atomic E-state index is 0.129. The Balaban J connectivity index is 1.35. The van der Waals surface area contributed by atoms with Crippen molar-refractivity contribution in [3.63, 3.8) is 0 Å². The SMILES string of the molecule is COc1ccc([C@H]2CC(=O)c3c(C)nc(N4CCN(c5ccccn5)CC4)nc3C2)cc1. The second-order valence-electron chi connectivity index (χ2n) is 8.39. The van der Waals surface area contributed by atoms with E-state index in [2.05, 4.69) is 14.8 Å². The summed E-state index contributed by atoms with van der Waals surface area (Å²) in [5, 5.41) is 0. The fraction of sp³-hybridized carbons (Fsp3) is 0.360. The van der Waals surface area contributed by atoms with Crippen LogP contribution in [0.1, 0.15) is 39.6 Å². The molecular formula is C25H27N5O2. The van der Waals surface area contributed by atoms with Gasteiger partial charge in [0.1, 0.15) is 11.6 Å². The van der Waals surface area contributed by atoms with E-state index >= 15 is 0 Å². The molecular weight excluding hydrogens is 402 g/mol. The molecule has 1 atom stereocenters. The van der Waals surface area contributed by atoms with Gasteiger partial charge >= 0.3 is 0 Å². The number of nitrogens with zero attached hydrogens (tertiary/aromatic N) is 5. The Morgan fingerprint density at radius 3 is 2.38 bits per heavy atom. The van der Waals surface area contributed by atoms with Crippen LogP contribution in [0.5, 0.6) is 5.75 Å². The van der Waals surface area contributed by atoms with Crippen molar-refractivity contribution >= 4 is 17.5 Å². The smallest absolute Gasteiger partial charge is 0.225 e. The van der Waals surface area contributed by atoms with E-state index in [0.29, 0.717) is 12.0 Å². The maximum atomic E-state index is 13.0. The van der Waals surface area contributed by atoms with Crippen LogP contribution in [0.25, 0.3) is 0 Å². The number of benzene rings is 1. The molecule has 2 aromatic heterocycles. The van der Waals surface area contributed by atoms with Gasteiger partial charge in [0.05, 0.1) is 24.1 Å². The van der Waals surface area contributed by atoms with Gasteiger partial charge in [-0.1, -0.05) is 18.2 Å². The molecule has 1 aromatic carbocycles. The van der Waals surface area contributed by atoms with E-state index < -0.39 is 0 Å². The van der Waals surface area contributed by atoms with Crippen LogP contribution in [0.3, 0.4) is 0 Å². The number of anilines is 2. The summed E-state index contributed by atoms with van der Waals surface area (Å²) in [5.41, 5.74) is 3.52. The van der Waals surface area contributed by atoms with Gasteiger partial charge in [-0.15, -0.1) is 0 Å². The van der Waals surface area contributed by atoms with Gasteiger partial charge in [-0.3, -0.25) is 4.79 Å². The van der Waals surface area contributed by atoms with E-state index in [1.54, 1.807) is 7.11 Å². The first-order valence-electron chi connectivity index (χ1n) is 11.1. The Labute approximate surface area is 188 Å². The van der Waals surface area contributed by atoms with Gasteiger partial charge in [-0.05, 0) is 49.1 Å². The van der Waals surface area contributed by atoms with Gasteiger partial charge in [0.2, 0.25) is 5.95 Å². The van der Waals surface area contributed by atoms with E-state index in [1.807, 2.05) is 55.6 Å². The predicted octanol–water partition coefficient (Wildman–Crippen LogP) is 3.43. The Bertz CT molecular complexity index is 1110. The average molecular weight is 430 g/mol. The molecule has 0 unspecified atom stereocenters. The monoisotopic (exact) mass is 429 g/mol. The zero-order valence-corrected chi connectivity index (χ0v) is 18.5. The number of aryl methyl sites for hydroxylation is 1. The molecule has 2 aliphatic rings. The summed E-state index contributed by atoms with van der Waals surface area (Å²) in [5.74, 6) is 2.81. The molecule has 0 amide bonds. The summed E-state index contributed by atoms with van der Waals surface area (Å²) >= 11 is 0. The molecule has 3 heterocycles. The van der Waals surface area contributed by atoms with Crippen molar-refractivity contribution in [2.24, 2.45) is 0 Å².